The van der Waals surface area contributed by atoms with E-state index in [1.807, 2.05) is 0 Å². The van der Waals surface area contributed by atoms with Crippen LogP contribution in [0.5, 0.6) is 0 Å². The van der Waals surface area contributed by atoms with Crippen LogP contribution in [0.4, 0.5) is 9.59 Å². The highest BCUT2D eigenvalue weighted by Crippen LogP contribution is 2.15. The summed E-state index contributed by atoms with van der Waals surface area (Å²) in [6.45, 7) is 18.4. The van der Waals surface area contributed by atoms with E-state index in [-0.39, 0.29) is 64.2 Å². The second kappa shape index (κ2) is 55.0. The van der Waals surface area contributed by atoms with Crippen molar-refractivity contribution in [3.63, 3.8) is 0 Å². The largest absolute Gasteiger partial charge is 0.466 e. The van der Waals surface area contributed by atoms with Gasteiger partial charge in [-0.25, -0.2) is 9.59 Å². The summed E-state index contributed by atoms with van der Waals surface area (Å²) in [7, 11) is 1.47. The molecule has 0 fully saturated rings. The summed E-state index contributed by atoms with van der Waals surface area (Å²) >= 11 is 0. The van der Waals surface area contributed by atoms with Gasteiger partial charge in [0.15, 0.2) is 5.78 Å². The highest BCUT2D eigenvalue weighted by molar-refractivity contribution is 5.89. The van der Waals surface area contributed by atoms with E-state index in [4.69, 9.17) is 56.8 Å². The summed E-state index contributed by atoms with van der Waals surface area (Å²) in [5, 5.41) is 0. The second-order valence-corrected chi connectivity index (χ2v) is 23.2. The van der Waals surface area contributed by atoms with Gasteiger partial charge in [0, 0.05) is 39.7 Å². The van der Waals surface area contributed by atoms with Crippen molar-refractivity contribution in [3.8, 4) is 0 Å². The average Bonchev–Trinajstić information content (AvgIpc) is 3.45. The lowest BCUT2D eigenvalue weighted by molar-refractivity contribution is -0.147. The first-order valence-electron chi connectivity index (χ1n) is 31.8. The van der Waals surface area contributed by atoms with Gasteiger partial charge in [-0.05, 0) is 80.1 Å². The highest BCUT2D eigenvalue weighted by Gasteiger charge is 2.29. The molecule has 0 saturated carbocycles. The van der Waals surface area contributed by atoms with Crippen LogP contribution in [0.1, 0.15) is 222 Å². The van der Waals surface area contributed by atoms with Crippen molar-refractivity contribution in [1.82, 2.24) is 9.80 Å². The van der Waals surface area contributed by atoms with Gasteiger partial charge in [0.1, 0.15) is 30.5 Å². The summed E-state index contributed by atoms with van der Waals surface area (Å²) in [5.74, 6) is -1.48. The topological polar surface area (TPSA) is 220 Å². The molecule has 0 N–H and O–H groups in total. The minimum Gasteiger partial charge on any atom is -0.466 e. The van der Waals surface area contributed by atoms with Crippen LogP contribution >= 0.6 is 0 Å². The third-order valence-electron chi connectivity index (χ3n) is 12.7. The molecule has 0 heterocycles. The molecule has 488 valence electrons. The van der Waals surface area contributed by atoms with Crippen LogP contribution < -0.4 is 0 Å². The van der Waals surface area contributed by atoms with Crippen molar-refractivity contribution in [2.24, 2.45) is 0 Å². The number of esters is 3. The zero-order valence-electron chi connectivity index (χ0n) is 53.6. The van der Waals surface area contributed by atoms with Gasteiger partial charge in [-0.1, -0.05) is 129 Å². The predicted molar refractivity (Wildman–Crippen MR) is 321 cm³/mol. The number of hydrogen-bond acceptors (Lipinski definition) is 18. The SMILES string of the molecule is CCCCCCCCCOC(=O)CCCCCCCOCC(COCCOCCOCCOCCOC(=O)CN(CC(=O)CN(CCOC)C(=O)OC(C)(C)C)C(=O)OC(C)(C)C)OCCCCCCCC(=O)OCCCCCCCCC. The van der Waals surface area contributed by atoms with Crippen LogP contribution in [0.15, 0.2) is 0 Å². The molecule has 2 amide bonds. The van der Waals surface area contributed by atoms with Crippen molar-refractivity contribution in [2.45, 2.75) is 240 Å². The molecule has 0 aromatic heterocycles. The predicted octanol–water partition coefficient (Wildman–Crippen LogP) is 12.0. The summed E-state index contributed by atoms with van der Waals surface area (Å²) in [5.41, 5.74) is -1.70. The molecule has 1 atom stereocenters. The van der Waals surface area contributed by atoms with Gasteiger partial charge < -0.3 is 56.8 Å². The molecule has 83 heavy (non-hydrogen) atoms. The number of methoxy groups -OCH3 is 1. The molecule has 0 rings (SSSR count). The Morgan fingerprint density at radius 1 is 0.361 bits per heavy atom. The Kier molecular flexibility index (Phi) is 52.5. The van der Waals surface area contributed by atoms with E-state index < -0.39 is 48.2 Å². The van der Waals surface area contributed by atoms with Crippen molar-refractivity contribution in [1.29, 1.82) is 0 Å². The third kappa shape index (κ3) is 55.9. The zero-order valence-corrected chi connectivity index (χ0v) is 53.6. The summed E-state index contributed by atoms with van der Waals surface area (Å²) in [4.78, 5) is 78.0. The Labute approximate surface area is 501 Å². The van der Waals surface area contributed by atoms with E-state index >= 15 is 0 Å². The number of hydrogen-bond donors (Lipinski definition) is 0. The van der Waals surface area contributed by atoms with Gasteiger partial charge in [0.05, 0.1) is 92.4 Å². The molecular formula is C63H118N2O18. The van der Waals surface area contributed by atoms with Crippen LogP contribution in [-0.2, 0) is 76.0 Å². The number of unbranched alkanes of at least 4 members (excludes halogenated alkanes) is 20. The first kappa shape index (κ1) is 79.3. The van der Waals surface area contributed by atoms with Gasteiger partial charge in [0.25, 0.3) is 0 Å². The molecule has 0 spiro atoms. The normalized spacial score (nSPS) is 12.0. The fraction of sp³-hybridized carbons (Fsp3) is 0.905. The number of ether oxygens (including phenoxy) is 12. The van der Waals surface area contributed by atoms with E-state index in [0.717, 1.165) is 94.8 Å². The molecular weight excluding hydrogens is 1070 g/mol. The molecule has 0 saturated heterocycles. The van der Waals surface area contributed by atoms with Gasteiger partial charge in [-0.15, -0.1) is 0 Å². The molecule has 1 unspecified atom stereocenters. The molecule has 20 nitrogen and oxygen atoms in total. The van der Waals surface area contributed by atoms with Gasteiger partial charge in [0.2, 0.25) is 0 Å². The number of amides is 2. The average molecular weight is 1190 g/mol. The van der Waals surface area contributed by atoms with Crippen LogP contribution in [0.2, 0.25) is 0 Å². The monoisotopic (exact) mass is 1190 g/mol. The minimum atomic E-state index is -0.900. The second-order valence-electron chi connectivity index (χ2n) is 23.2. The standard InChI is InChI=1S/C63H118N2O18/c1-10-12-14-16-18-25-32-39-79-57(67)34-28-22-20-24-30-37-76-53-56(78-38-31-27-21-23-29-35-58(68)80-40-33-26-19-17-15-13-11-2)54-77-47-46-74-43-42-73-44-45-75-48-49-81-59(69)52-65(61(71)83-63(6,7)8)51-55(66)50-64(36-41-72-9)60(70)82-62(3,4)5/h56H,10-54H2,1-9H3. The van der Waals surface area contributed by atoms with Crippen molar-refractivity contribution in [3.05, 3.63) is 0 Å². The maximum Gasteiger partial charge on any atom is 0.411 e. The van der Waals surface area contributed by atoms with Gasteiger partial charge in [-0.3, -0.25) is 29.0 Å². The van der Waals surface area contributed by atoms with Crippen LogP contribution in [0.3, 0.4) is 0 Å². The number of Topliss-reactive ketones (excluding diaryl/α,β-unsaturated/α-hetero) is 1. The van der Waals surface area contributed by atoms with Crippen molar-refractivity contribution in [2.75, 3.05) is 132 Å². The quantitative estimate of drug-likeness (QED) is 0.0314. The van der Waals surface area contributed by atoms with Crippen LogP contribution in [-0.4, -0.2) is 195 Å². The Hall–Kier alpha value is -3.66. The Morgan fingerprint density at radius 3 is 1.18 bits per heavy atom. The van der Waals surface area contributed by atoms with E-state index in [9.17, 15) is 28.8 Å². The van der Waals surface area contributed by atoms with Crippen LogP contribution in [0, 0.1) is 0 Å². The molecule has 0 aliphatic heterocycles. The smallest absolute Gasteiger partial charge is 0.411 e. The first-order valence-corrected chi connectivity index (χ1v) is 31.8. The van der Waals surface area contributed by atoms with Crippen molar-refractivity contribution >= 4 is 35.9 Å². The number of nitrogens with zero attached hydrogens (tertiary/aromatic N) is 2. The molecule has 0 aliphatic carbocycles. The molecule has 0 radical (unpaired) electrons. The maximum absolute atomic E-state index is 13.1. The Bertz CT molecular complexity index is 1590. The van der Waals surface area contributed by atoms with Gasteiger partial charge in [-0.2, -0.15) is 0 Å². The molecule has 0 aliphatic rings. The lowest BCUT2D eigenvalue weighted by atomic mass is 10.1. The zero-order chi connectivity index (χ0) is 61.5. The minimum absolute atomic E-state index is 0.0765. The molecule has 0 bridgehead atoms. The van der Waals surface area contributed by atoms with Crippen molar-refractivity contribution < 1.29 is 85.6 Å². The highest BCUT2D eigenvalue weighted by atomic mass is 16.6. The summed E-state index contributed by atoms with van der Waals surface area (Å²) in [6, 6.07) is 0. The summed E-state index contributed by atoms with van der Waals surface area (Å²) in [6.07, 6.45) is 25.5. The lowest BCUT2D eigenvalue weighted by Gasteiger charge is -2.29. The Balaban J connectivity index is 4.59. The van der Waals surface area contributed by atoms with E-state index in [2.05, 4.69) is 13.8 Å². The molecule has 20 heteroatoms. The van der Waals surface area contributed by atoms with Gasteiger partial charge >= 0.3 is 30.1 Å². The maximum atomic E-state index is 13.1. The summed E-state index contributed by atoms with van der Waals surface area (Å²) < 4.78 is 67.1. The van der Waals surface area contributed by atoms with E-state index in [1.54, 1.807) is 41.5 Å². The third-order valence-corrected chi connectivity index (χ3v) is 12.7. The molecule has 0 aromatic carbocycles. The number of carbonyl (C=O) groups is 6. The fourth-order valence-corrected chi connectivity index (χ4v) is 8.19. The molecule has 0 aromatic rings. The van der Waals surface area contributed by atoms with E-state index in [1.165, 1.54) is 76.2 Å². The Morgan fingerprint density at radius 2 is 0.723 bits per heavy atom. The number of ketones is 1. The number of rotatable bonds is 58. The first-order chi connectivity index (χ1) is 39.9. The van der Waals surface area contributed by atoms with Crippen LogP contribution in [0.25, 0.3) is 0 Å². The lowest BCUT2D eigenvalue weighted by Crippen LogP contribution is -2.47. The number of carbonyl (C=O) groups excluding carboxylic acids is 6. The van der Waals surface area contributed by atoms with E-state index in [0.29, 0.717) is 78.9 Å². The fourth-order valence-electron chi connectivity index (χ4n) is 8.19.